The molecule has 0 aliphatic rings. The smallest absolute Gasteiger partial charge is 0.141 e. The van der Waals surface area contributed by atoms with Crippen LogP contribution in [0, 0.1) is 5.82 Å². The molecule has 0 radical (unpaired) electrons. The van der Waals surface area contributed by atoms with Gasteiger partial charge < -0.3 is 5.32 Å². The lowest BCUT2D eigenvalue weighted by molar-refractivity contribution is 0.570. The molecule has 1 unspecified atom stereocenters. The van der Waals surface area contributed by atoms with Crippen LogP contribution >= 0.6 is 22.9 Å². The molecule has 1 N–H and O–H groups in total. The molecule has 0 aliphatic carbocycles. The van der Waals surface area contributed by atoms with Gasteiger partial charge in [0.05, 0.1) is 11.1 Å². The first-order valence-electron chi connectivity index (χ1n) is 5.23. The quantitative estimate of drug-likeness (QED) is 0.914. The highest BCUT2D eigenvalue weighted by molar-refractivity contribution is 7.09. The van der Waals surface area contributed by atoms with Crippen molar-refractivity contribution < 1.29 is 4.39 Å². The summed E-state index contributed by atoms with van der Waals surface area (Å²) in [5.74, 6) is -0.386. The first-order chi connectivity index (χ1) is 8.16. The van der Waals surface area contributed by atoms with Crippen molar-refractivity contribution in [1.29, 1.82) is 0 Å². The fourth-order valence-electron chi connectivity index (χ4n) is 1.46. The molecule has 0 aliphatic heterocycles. The molecule has 0 saturated carbocycles. The van der Waals surface area contributed by atoms with Crippen molar-refractivity contribution >= 4 is 22.9 Å². The molecule has 1 aromatic carbocycles. The average molecular weight is 271 g/mol. The van der Waals surface area contributed by atoms with Gasteiger partial charge in [-0.2, -0.15) is 0 Å². The fourth-order valence-corrected chi connectivity index (χ4v) is 2.33. The summed E-state index contributed by atoms with van der Waals surface area (Å²) < 4.78 is 13.0. The Kier molecular flexibility index (Phi) is 4.10. The van der Waals surface area contributed by atoms with Gasteiger partial charge in [-0.15, -0.1) is 11.3 Å². The maximum atomic E-state index is 13.0. The second-order valence-electron chi connectivity index (χ2n) is 3.72. The standard InChI is InChI=1S/C12H12ClFN2S/c1-8(12-15-4-5-17-12)16-7-9-2-3-11(14)10(13)6-9/h2-6,8,16H,7H2,1H3. The zero-order valence-corrected chi connectivity index (χ0v) is 10.9. The van der Waals surface area contributed by atoms with E-state index in [-0.39, 0.29) is 16.9 Å². The van der Waals surface area contributed by atoms with Gasteiger partial charge in [0.2, 0.25) is 0 Å². The summed E-state index contributed by atoms with van der Waals surface area (Å²) in [5.41, 5.74) is 0.958. The molecule has 0 fully saturated rings. The molecule has 2 aromatic rings. The van der Waals surface area contributed by atoms with Crippen LogP contribution in [0.1, 0.15) is 23.5 Å². The normalized spacial score (nSPS) is 12.6. The van der Waals surface area contributed by atoms with Crippen molar-refractivity contribution in [3.8, 4) is 0 Å². The summed E-state index contributed by atoms with van der Waals surface area (Å²) in [4.78, 5) is 4.23. The van der Waals surface area contributed by atoms with E-state index in [0.29, 0.717) is 6.54 Å². The minimum absolute atomic E-state index is 0.159. The van der Waals surface area contributed by atoms with Crippen LogP contribution in [-0.4, -0.2) is 4.98 Å². The van der Waals surface area contributed by atoms with E-state index in [0.717, 1.165) is 10.6 Å². The number of hydrogen-bond acceptors (Lipinski definition) is 3. The highest BCUT2D eigenvalue weighted by atomic mass is 35.5. The Hall–Kier alpha value is -0.970. The average Bonchev–Trinajstić information content (AvgIpc) is 2.84. The second kappa shape index (κ2) is 5.58. The van der Waals surface area contributed by atoms with Crippen molar-refractivity contribution in [1.82, 2.24) is 10.3 Å². The number of hydrogen-bond donors (Lipinski definition) is 1. The summed E-state index contributed by atoms with van der Waals surface area (Å²) in [5, 5.41) is 6.46. The first-order valence-corrected chi connectivity index (χ1v) is 6.49. The molecule has 90 valence electrons. The summed E-state index contributed by atoms with van der Waals surface area (Å²) >= 11 is 7.33. The Morgan fingerprint density at radius 3 is 3.00 bits per heavy atom. The van der Waals surface area contributed by atoms with Crippen molar-refractivity contribution in [2.45, 2.75) is 19.5 Å². The molecule has 1 heterocycles. The zero-order chi connectivity index (χ0) is 12.3. The molecule has 2 nitrogen and oxygen atoms in total. The first kappa shape index (κ1) is 12.5. The van der Waals surface area contributed by atoms with Crippen LogP contribution in [0.25, 0.3) is 0 Å². The van der Waals surface area contributed by atoms with Gasteiger partial charge in [-0.3, -0.25) is 0 Å². The molecule has 0 bridgehead atoms. The molecule has 0 spiro atoms. The predicted molar refractivity (Wildman–Crippen MR) is 68.8 cm³/mol. The number of nitrogens with one attached hydrogen (secondary N) is 1. The van der Waals surface area contributed by atoms with Gasteiger partial charge >= 0.3 is 0 Å². The van der Waals surface area contributed by atoms with E-state index in [1.807, 2.05) is 12.3 Å². The van der Waals surface area contributed by atoms with E-state index in [9.17, 15) is 4.39 Å². The Balaban J connectivity index is 1.96. The minimum atomic E-state index is -0.386. The summed E-state index contributed by atoms with van der Waals surface area (Å²) in [7, 11) is 0. The van der Waals surface area contributed by atoms with Crippen LogP contribution in [-0.2, 0) is 6.54 Å². The predicted octanol–water partition coefficient (Wildman–Crippen LogP) is 3.79. The number of thiazole rings is 1. The third kappa shape index (κ3) is 3.25. The lowest BCUT2D eigenvalue weighted by Gasteiger charge is -2.11. The second-order valence-corrected chi connectivity index (χ2v) is 5.05. The Morgan fingerprint density at radius 2 is 2.35 bits per heavy atom. The van der Waals surface area contributed by atoms with Crippen LogP contribution in [0.15, 0.2) is 29.8 Å². The highest BCUT2D eigenvalue weighted by Gasteiger charge is 2.07. The van der Waals surface area contributed by atoms with Gasteiger partial charge in [-0.05, 0) is 24.6 Å². The third-order valence-corrected chi connectivity index (χ3v) is 3.67. The summed E-state index contributed by atoms with van der Waals surface area (Å²) in [6, 6.07) is 4.92. The molecular weight excluding hydrogens is 259 g/mol. The highest BCUT2D eigenvalue weighted by Crippen LogP contribution is 2.18. The van der Waals surface area contributed by atoms with Gasteiger partial charge in [-0.1, -0.05) is 17.7 Å². The molecular formula is C12H12ClFN2S. The van der Waals surface area contributed by atoms with E-state index in [2.05, 4.69) is 10.3 Å². The monoisotopic (exact) mass is 270 g/mol. The maximum Gasteiger partial charge on any atom is 0.141 e. The summed E-state index contributed by atoms with van der Waals surface area (Å²) in [6.07, 6.45) is 1.78. The molecule has 0 saturated heterocycles. The van der Waals surface area contributed by atoms with Crippen LogP contribution in [0.2, 0.25) is 5.02 Å². The lowest BCUT2D eigenvalue weighted by Crippen LogP contribution is -2.17. The number of aromatic nitrogens is 1. The molecule has 1 aromatic heterocycles. The molecule has 2 rings (SSSR count). The van der Waals surface area contributed by atoms with Gasteiger partial charge in [0, 0.05) is 18.1 Å². The Morgan fingerprint density at radius 1 is 1.53 bits per heavy atom. The van der Waals surface area contributed by atoms with Crippen LogP contribution in [0.3, 0.4) is 0 Å². The van der Waals surface area contributed by atoms with Crippen molar-refractivity contribution in [3.63, 3.8) is 0 Å². The van der Waals surface area contributed by atoms with Crippen LogP contribution in [0.5, 0.6) is 0 Å². The SMILES string of the molecule is CC(NCc1ccc(F)c(Cl)c1)c1nccs1. The van der Waals surface area contributed by atoms with Gasteiger partial charge in [-0.25, -0.2) is 9.37 Å². The Labute approximate surface area is 108 Å². The third-order valence-electron chi connectivity index (χ3n) is 2.42. The van der Waals surface area contributed by atoms with Crippen molar-refractivity contribution in [2.75, 3.05) is 0 Å². The van der Waals surface area contributed by atoms with E-state index in [1.165, 1.54) is 6.07 Å². The summed E-state index contributed by atoms with van der Waals surface area (Å²) in [6.45, 7) is 2.69. The molecule has 5 heteroatoms. The molecule has 17 heavy (non-hydrogen) atoms. The fraction of sp³-hybridized carbons (Fsp3) is 0.250. The van der Waals surface area contributed by atoms with Crippen LogP contribution < -0.4 is 5.32 Å². The number of benzene rings is 1. The van der Waals surface area contributed by atoms with Crippen molar-refractivity contribution in [3.05, 3.63) is 51.2 Å². The van der Waals surface area contributed by atoms with Crippen molar-refractivity contribution in [2.24, 2.45) is 0 Å². The topological polar surface area (TPSA) is 24.9 Å². The Bertz CT molecular complexity index is 487. The number of halogens is 2. The van der Waals surface area contributed by atoms with Crippen LogP contribution in [0.4, 0.5) is 4.39 Å². The minimum Gasteiger partial charge on any atom is -0.304 e. The molecule has 0 amide bonds. The number of nitrogens with zero attached hydrogens (tertiary/aromatic N) is 1. The van der Waals surface area contributed by atoms with Gasteiger partial charge in [0.15, 0.2) is 0 Å². The largest absolute Gasteiger partial charge is 0.304 e. The van der Waals surface area contributed by atoms with E-state index in [4.69, 9.17) is 11.6 Å². The van der Waals surface area contributed by atoms with E-state index < -0.39 is 0 Å². The molecule has 1 atom stereocenters. The van der Waals surface area contributed by atoms with Gasteiger partial charge in [0.25, 0.3) is 0 Å². The van der Waals surface area contributed by atoms with E-state index >= 15 is 0 Å². The number of rotatable bonds is 4. The zero-order valence-electron chi connectivity index (χ0n) is 9.28. The lowest BCUT2D eigenvalue weighted by atomic mass is 10.2. The maximum absolute atomic E-state index is 13.0. The van der Waals surface area contributed by atoms with Gasteiger partial charge in [0.1, 0.15) is 10.8 Å². The van der Waals surface area contributed by atoms with E-state index in [1.54, 1.807) is 29.7 Å².